The molecule has 2 rings (SSSR count). The molecule has 0 aromatic heterocycles. The van der Waals surface area contributed by atoms with E-state index in [2.05, 4.69) is 6.07 Å². The predicted octanol–water partition coefficient (Wildman–Crippen LogP) is 2.91. The van der Waals surface area contributed by atoms with Crippen molar-refractivity contribution in [2.24, 2.45) is 5.92 Å². The number of likely N-dealkylation sites (tertiary alicyclic amines) is 1. The van der Waals surface area contributed by atoms with Gasteiger partial charge in [0, 0.05) is 13.1 Å². The van der Waals surface area contributed by atoms with Crippen molar-refractivity contribution in [1.29, 1.82) is 5.26 Å². The number of amides is 1. The predicted molar refractivity (Wildman–Crippen MR) is 74.3 cm³/mol. The summed E-state index contributed by atoms with van der Waals surface area (Å²) in [6.45, 7) is 1.50. The summed E-state index contributed by atoms with van der Waals surface area (Å²) in [4.78, 5) is 14.2. The summed E-state index contributed by atoms with van der Waals surface area (Å²) in [6.07, 6.45) is 4.69. The van der Waals surface area contributed by atoms with Crippen LogP contribution in [-0.2, 0) is 11.2 Å². The third-order valence-electron chi connectivity index (χ3n) is 3.72. The molecule has 3 nitrogen and oxygen atoms in total. The lowest BCUT2D eigenvalue weighted by molar-refractivity contribution is -0.133. The lowest BCUT2D eigenvalue weighted by Gasteiger charge is -2.22. The smallest absolute Gasteiger partial charge is 0.240 e. The van der Waals surface area contributed by atoms with Gasteiger partial charge in [0.25, 0.3) is 0 Å². The van der Waals surface area contributed by atoms with E-state index in [0.29, 0.717) is 6.42 Å². The summed E-state index contributed by atoms with van der Waals surface area (Å²) in [6, 6.07) is 8.09. The van der Waals surface area contributed by atoms with Gasteiger partial charge in [-0.15, -0.1) is 0 Å². The summed E-state index contributed by atoms with van der Waals surface area (Å²) in [5.41, 5.74) is 0.820. The highest BCUT2D eigenvalue weighted by Gasteiger charge is 2.24. The van der Waals surface area contributed by atoms with Crippen LogP contribution in [0.1, 0.15) is 31.2 Å². The molecule has 1 aliphatic rings. The van der Waals surface area contributed by atoms with Crippen LogP contribution in [-0.4, -0.2) is 23.9 Å². The second kappa shape index (κ2) is 7.04. The zero-order valence-electron chi connectivity index (χ0n) is 11.5. The van der Waals surface area contributed by atoms with Crippen molar-refractivity contribution in [2.75, 3.05) is 13.1 Å². The lowest BCUT2D eigenvalue weighted by Crippen LogP contribution is -2.37. The number of carbonyl (C=O) groups excluding carboxylic acids is 1. The number of hydrogen-bond acceptors (Lipinski definition) is 2. The average Bonchev–Trinajstić information content (AvgIpc) is 2.75. The molecule has 1 heterocycles. The Balaban J connectivity index is 2.01. The fourth-order valence-electron chi connectivity index (χ4n) is 2.56. The Labute approximate surface area is 119 Å². The zero-order chi connectivity index (χ0) is 14.4. The Kier molecular flexibility index (Phi) is 5.11. The first-order chi connectivity index (χ1) is 9.70. The number of hydrogen-bond donors (Lipinski definition) is 0. The van der Waals surface area contributed by atoms with E-state index >= 15 is 0 Å². The van der Waals surface area contributed by atoms with Crippen molar-refractivity contribution in [1.82, 2.24) is 4.90 Å². The minimum Gasteiger partial charge on any atom is -0.342 e. The van der Waals surface area contributed by atoms with Crippen LogP contribution in [0.2, 0.25) is 0 Å². The molecule has 1 unspecified atom stereocenters. The Bertz CT molecular complexity index is 484. The Morgan fingerprint density at radius 3 is 2.35 bits per heavy atom. The van der Waals surface area contributed by atoms with Gasteiger partial charge in [-0.1, -0.05) is 25.0 Å². The van der Waals surface area contributed by atoms with Gasteiger partial charge in [0.05, 0.1) is 6.07 Å². The molecule has 1 atom stereocenters. The first-order valence-electron chi connectivity index (χ1n) is 7.13. The van der Waals surface area contributed by atoms with Crippen molar-refractivity contribution in [3.05, 3.63) is 35.6 Å². The van der Waals surface area contributed by atoms with Crippen LogP contribution in [0.4, 0.5) is 4.39 Å². The molecule has 1 aromatic carbocycles. The summed E-state index contributed by atoms with van der Waals surface area (Å²) in [5.74, 6) is -1.06. The molecule has 0 spiro atoms. The van der Waals surface area contributed by atoms with Crippen molar-refractivity contribution < 1.29 is 9.18 Å². The van der Waals surface area contributed by atoms with E-state index in [0.717, 1.165) is 44.3 Å². The Morgan fingerprint density at radius 2 is 1.80 bits per heavy atom. The van der Waals surface area contributed by atoms with Crippen LogP contribution in [0.15, 0.2) is 24.3 Å². The standard InChI is InChI=1S/C16H19FN2O/c17-15-7-5-13(6-8-15)11-14(12-18)16(20)19-9-3-1-2-4-10-19/h5-8,14H,1-4,9-11H2. The molecular weight excluding hydrogens is 255 g/mol. The highest BCUT2D eigenvalue weighted by Crippen LogP contribution is 2.16. The molecular formula is C16H19FN2O. The molecule has 1 saturated heterocycles. The molecule has 0 bridgehead atoms. The molecule has 1 amide bonds. The van der Waals surface area contributed by atoms with Crippen molar-refractivity contribution in [3.63, 3.8) is 0 Å². The molecule has 0 N–H and O–H groups in total. The molecule has 20 heavy (non-hydrogen) atoms. The van der Waals surface area contributed by atoms with Gasteiger partial charge in [-0.05, 0) is 37.0 Å². The lowest BCUT2D eigenvalue weighted by atomic mass is 9.99. The van der Waals surface area contributed by atoms with Gasteiger partial charge in [0.2, 0.25) is 5.91 Å². The monoisotopic (exact) mass is 274 g/mol. The van der Waals surface area contributed by atoms with Crippen LogP contribution in [0, 0.1) is 23.1 Å². The van der Waals surface area contributed by atoms with E-state index < -0.39 is 5.92 Å². The second-order valence-electron chi connectivity index (χ2n) is 5.25. The highest BCUT2D eigenvalue weighted by atomic mass is 19.1. The average molecular weight is 274 g/mol. The third-order valence-corrected chi connectivity index (χ3v) is 3.72. The number of carbonyl (C=O) groups is 1. The van der Waals surface area contributed by atoms with Crippen molar-refractivity contribution in [2.45, 2.75) is 32.1 Å². The van der Waals surface area contributed by atoms with Crippen LogP contribution >= 0.6 is 0 Å². The zero-order valence-corrected chi connectivity index (χ0v) is 11.5. The molecule has 1 fully saturated rings. The fourth-order valence-corrected chi connectivity index (χ4v) is 2.56. The molecule has 1 aliphatic heterocycles. The van der Waals surface area contributed by atoms with Gasteiger partial charge in [-0.3, -0.25) is 4.79 Å². The van der Waals surface area contributed by atoms with Gasteiger partial charge in [-0.25, -0.2) is 4.39 Å². The number of nitriles is 1. The molecule has 1 aromatic rings. The normalized spacial score (nSPS) is 17.1. The first-order valence-corrected chi connectivity index (χ1v) is 7.13. The van der Waals surface area contributed by atoms with E-state index in [1.165, 1.54) is 12.1 Å². The van der Waals surface area contributed by atoms with Gasteiger partial charge in [-0.2, -0.15) is 5.26 Å². The second-order valence-corrected chi connectivity index (χ2v) is 5.25. The summed E-state index contributed by atoms with van der Waals surface area (Å²) >= 11 is 0. The van der Waals surface area contributed by atoms with Gasteiger partial charge in [0.1, 0.15) is 11.7 Å². The maximum atomic E-state index is 12.9. The minimum atomic E-state index is -0.668. The quantitative estimate of drug-likeness (QED) is 0.850. The van der Waals surface area contributed by atoms with E-state index in [1.54, 1.807) is 12.1 Å². The highest BCUT2D eigenvalue weighted by molar-refractivity contribution is 5.81. The maximum absolute atomic E-state index is 12.9. The summed E-state index contributed by atoms with van der Waals surface area (Å²) in [7, 11) is 0. The Hall–Kier alpha value is -1.89. The van der Waals surface area contributed by atoms with Gasteiger partial charge < -0.3 is 4.90 Å². The van der Waals surface area contributed by atoms with Gasteiger partial charge in [0.15, 0.2) is 0 Å². The van der Waals surface area contributed by atoms with E-state index in [1.807, 2.05) is 4.90 Å². The fraction of sp³-hybridized carbons (Fsp3) is 0.500. The van der Waals surface area contributed by atoms with E-state index in [9.17, 15) is 14.4 Å². The minimum absolute atomic E-state index is 0.0845. The maximum Gasteiger partial charge on any atom is 0.240 e. The Morgan fingerprint density at radius 1 is 1.20 bits per heavy atom. The van der Waals surface area contributed by atoms with Crippen LogP contribution < -0.4 is 0 Å². The molecule has 0 saturated carbocycles. The number of halogens is 1. The SMILES string of the molecule is N#CC(Cc1ccc(F)cc1)C(=O)N1CCCCCC1. The summed E-state index contributed by atoms with van der Waals surface area (Å²) < 4.78 is 12.9. The van der Waals surface area contributed by atoms with Crippen LogP contribution in [0.25, 0.3) is 0 Å². The third kappa shape index (κ3) is 3.80. The van der Waals surface area contributed by atoms with E-state index in [4.69, 9.17) is 0 Å². The first kappa shape index (κ1) is 14.5. The molecule has 4 heteroatoms. The summed E-state index contributed by atoms with van der Waals surface area (Å²) in [5, 5.41) is 9.24. The molecule has 0 radical (unpaired) electrons. The topological polar surface area (TPSA) is 44.1 Å². The van der Waals surface area contributed by atoms with E-state index in [-0.39, 0.29) is 11.7 Å². The molecule has 0 aliphatic carbocycles. The number of rotatable bonds is 3. The molecule has 106 valence electrons. The van der Waals surface area contributed by atoms with Crippen molar-refractivity contribution >= 4 is 5.91 Å². The number of nitrogens with zero attached hydrogens (tertiary/aromatic N) is 2. The number of benzene rings is 1. The largest absolute Gasteiger partial charge is 0.342 e. The van der Waals surface area contributed by atoms with Gasteiger partial charge >= 0.3 is 0 Å². The van der Waals surface area contributed by atoms with Crippen LogP contribution in [0.3, 0.4) is 0 Å². The van der Waals surface area contributed by atoms with Crippen molar-refractivity contribution in [3.8, 4) is 6.07 Å². The van der Waals surface area contributed by atoms with Crippen LogP contribution in [0.5, 0.6) is 0 Å².